The van der Waals surface area contributed by atoms with Gasteiger partial charge in [-0.2, -0.15) is 0 Å². The third-order valence-electron chi connectivity index (χ3n) is 1.07. The monoisotopic (exact) mass is 132 g/mol. The van der Waals surface area contributed by atoms with Gasteiger partial charge < -0.3 is 9.04 Å². The molecule has 1 atom stereocenters. The van der Waals surface area contributed by atoms with Crippen LogP contribution in [-0.4, -0.2) is 29.3 Å². The molecule has 0 spiro atoms. The number of rotatable bonds is 0. The van der Waals surface area contributed by atoms with Gasteiger partial charge in [0.05, 0.1) is 12.5 Å². The highest BCUT2D eigenvalue weighted by Crippen LogP contribution is 2.18. The Labute approximate surface area is 52.5 Å². The Hall–Kier alpha value is 0.140. The van der Waals surface area contributed by atoms with Crippen molar-refractivity contribution in [3.63, 3.8) is 0 Å². The average molecular weight is 132 g/mol. The first kappa shape index (κ1) is 6.26. The van der Waals surface area contributed by atoms with Gasteiger partial charge in [0.2, 0.25) is 0 Å². The number of hydrogen-bond acceptors (Lipinski definition) is 2. The highest BCUT2D eigenvalue weighted by atomic mass is 32.2. The lowest BCUT2D eigenvalue weighted by Gasteiger charge is -2.32. The van der Waals surface area contributed by atoms with Gasteiger partial charge in [0.1, 0.15) is 0 Å². The van der Waals surface area contributed by atoms with Crippen LogP contribution >= 0.6 is 10.7 Å². The molecule has 0 aromatic heterocycles. The van der Waals surface area contributed by atoms with E-state index in [0.29, 0.717) is 0 Å². The Kier molecular flexibility index (Phi) is 2.05. The summed E-state index contributed by atoms with van der Waals surface area (Å²) in [5.41, 5.74) is 0. The zero-order valence-corrected chi connectivity index (χ0v) is 5.62. The molecule has 1 rings (SSSR count). The van der Waals surface area contributed by atoms with E-state index in [9.17, 15) is 0 Å². The summed E-state index contributed by atoms with van der Waals surface area (Å²) in [5, 5.41) is 0. The highest BCUT2D eigenvalue weighted by molar-refractivity contribution is 8.11. The summed E-state index contributed by atoms with van der Waals surface area (Å²) in [6.07, 6.45) is 0. The molecular weight excluding hydrogens is 122 g/mol. The lowest BCUT2D eigenvalue weighted by Crippen LogP contribution is -2.22. The van der Waals surface area contributed by atoms with E-state index in [0.717, 1.165) is 19.1 Å². The Morgan fingerprint density at radius 1 is 1.75 bits per heavy atom. The van der Waals surface area contributed by atoms with Gasteiger partial charge >= 0.3 is 0 Å². The molecule has 0 radical (unpaired) electrons. The Morgan fingerprint density at radius 3 is 2.88 bits per heavy atom. The van der Waals surface area contributed by atoms with Gasteiger partial charge in [-0.1, -0.05) is 5.87 Å². The smallest absolute Gasteiger partial charge is 0.0972 e. The quantitative estimate of drug-likeness (QED) is 0.355. The van der Waals surface area contributed by atoms with Crippen LogP contribution in [-0.2, 0) is 4.74 Å². The first-order valence-electron chi connectivity index (χ1n) is 2.47. The summed E-state index contributed by atoms with van der Waals surface area (Å²) in [6.45, 7) is 1.73. The van der Waals surface area contributed by atoms with Crippen molar-refractivity contribution >= 4 is 16.5 Å². The Morgan fingerprint density at radius 2 is 2.50 bits per heavy atom. The molecule has 0 aliphatic carbocycles. The third kappa shape index (κ3) is 1.31. The van der Waals surface area contributed by atoms with E-state index in [1.54, 1.807) is 0 Å². The van der Waals surface area contributed by atoms with Crippen LogP contribution in [0.25, 0.3) is 0 Å². The molecule has 1 fully saturated rings. The summed E-state index contributed by atoms with van der Waals surface area (Å²) in [7, 11) is 3.80. The molecule has 1 aliphatic rings. The fourth-order valence-corrected chi connectivity index (χ4v) is 1.32. The minimum Gasteiger partial charge on any atom is -0.407 e. The van der Waals surface area contributed by atoms with Gasteiger partial charge in [-0.15, -0.1) is 10.7 Å². The van der Waals surface area contributed by atoms with Crippen molar-refractivity contribution in [3.8, 4) is 0 Å². The predicted molar refractivity (Wildman–Crippen MR) is 37.6 cm³/mol. The predicted octanol–water partition coefficient (Wildman–Crippen LogP) is 0.684. The van der Waals surface area contributed by atoms with Crippen molar-refractivity contribution in [2.75, 3.05) is 19.1 Å². The van der Waals surface area contributed by atoms with Crippen LogP contribution in [0.2, 0.25) is 0 Å². The fourth-order valence-electron chi connectivity index (χ4n) is 0.525. The van der Waals surface area contributed by atoms with Gasteiger partial charge in [0.15, 0.2) is 0 Å². The molecule has 2 nitrogen and oxygen atoms in total. The summed E-state index contributed by atoms with van der Waals surface area (Å²) in [4.78, 5) is 0. The second-order valence-electron chi connectivity index (χ2n) is 1.69. The summed E-state index contributed by atoms with van der Waals surface area (Å²) in [6, 6.07) is 0. The average Bonchev–Trinajstić information content (AvgIpc) is 1.77. The van der Waals surface area contributed by atoms with Gasteiger partial charge in [-0.25, -0.2) is 0 Å². The maximum atomic E-state index is 5.12. The SMILES string of the molecule is C=S1COCCN1[CH2-]. The molecule has 0 aromatic carbocycles. The van der Waals surface area contributed by atoms with Crippen LogP contribution in [0.1, 0.15) is 0 Å². The van der Waals surface area contributed by atoms with Crippen LogP contribution < -0.4 is 0 Å². The van der Waals surface area contributed by atoms with Crippen LogP contribution in [0, 0.1) is 7.05 Å². The first-order valence-corrected chi connectivity index (χ1v) is 3.99. The highest BCUT2D eigenvalue weighted by Gasteiger charge is 2.01. The molecule has 1 unspecified atom stereocenters. The molecule has 1 aliphatic heterocycles. The van der Waals surface area contributed by atoms with Gasteiger partial charge in [0.25, 0.3) is 0 Å². The molecule has 0 bridgehead atoms. The summed E-state index contributed by atoms with van der Waals surface area (Å²) >= 11 is 0. The minimum absolute atomic E-state index is 0.0150. The van der Waals surface area contributed by atoms with E-state index < -0.39 is 0 Å². The number of ether oxygens (including phenoxy) is 1. The lowest BCUT2D eigenvalue weighted by atomic mass is 10.7. The number of nitrogens with zero attached hydrogens (tertiary/aromatic N) is 1. The topological polar surface area (TPSA) is 12.5 Å². The van der Waals surface area contributed by atoms with E-state index in [1.807, 2.05) is 4.31 Å². The van der Waals surface area contributed by atoms with Crippen LogP contribution in [0.15, 0.2) is 0 Å². The normalized spacial score (nSPS) is 32.9. The van der Waals surface area contributed by atoms with E-state index in [2.05, 4.69) is 12.9 Å². The van der Waals surface area contributed by atoms with E-state index in [4.69, 9.17) is 4.74 Å². The van der Waals surface area contributed by atoms with Gasteiger partial charge in [0, 0.05) is 6.54 Å². The van der Waals surface area contributed by atoms with Crippen molar-refractivity contribution in [2.45, 2.75) is 0 Å². The molecule has 0 N–H and O–H groups in total. The molecular formula is C5H10NOS-. The lowest BCUT2D eigenvalue weighted by molar-refractivity contribution is 0.157. The van der Waals surface area contributed by atoms with Crippen LogP contribution in [0.4, 0.5) is 0 Å². The molecule has 0 amide bonds. The largest absolute Gasteiger partial charge is 0.407 e. The molecule has 1 saturated heterocycles. The summed E-state index contributed by atoms with van der Waals surface area (Å²) in [5.74, 6) is 4.60. The standard InChI is InChI=1S/C5H10NOS/c1-6-3-4-7-5-8(6)2/h1-5H2/q-1. The van der Waals surface area contributed by atoms with E-state index >= 15 is 0 Å². The third-order valence-corrected chi connectivity index (χ3v) is 2.42. The molecule has 8 heavy (non-hydrogen) atoms. The first-order chi connectivity index (χ1) is 3.80. The van der Waals surface area contributed by atoms with E-state index in [-0.39, 0.29) is 10.7 Å². The minimum atomic E-state index is 0.0150. The zero-order valence-electron chi connectivity index (χ0n) is 4.80. The van der Waals surface area contributed by atoms with Crippen LogP contribution in [0.5, 0.6) is 0 Å². The van der Waals surface area contributed by atoms with Crippen molar-refractivity contribution in [1.29, 1.82) is 0 Å². The molecule has 1 heterocycles. The fraction of sp³-hybridized carbons (Fsp3) is 0.600. The molecule has 0 saturated carbocycles. The summed E-state index contributed by atoms with van der Waals surface area (Å²) < 4.78 is 7.10. The second-order valence-corrected chi connectivity index (χ2v) is 3.37. The zero-order chi connectivity index (χ0) is 5.98. The number of hydrogen-bond donors (Lipinski definition) is 0. The van der Waals surface area contributed by atoms with Gasteiger partial charge in [-0.3, -0.25) is 7.05 Å². The maximum Gasteiger partial charge on any atom is 0.0972 e. The van der Waals surface area contributed by atoms with Crippen molar-refractivity contribution in [2.24, 2.45) is 0 Å². The maximum absolute atomic E-state index is 5.12. The molecule has 0 aromatic rings. The van der Waals surface area contributed by atoms with Crippen molar-refractivity contribution in [1.82, 2.24) is 4.31 Å². The molecule has 3 heteroatoms. The molecule has 48 valence electrons. The van der Waals surface area contributed by atoms with Crippen molar-refractivity contribution in [3.05, 3.63) is 7.05 Å². The van der Waals surface area contributed by atoms with E-state index in [1.165, 1.54) is 0 Å². The van der Waals surface area contributed by atoms with Gasteiger partial charge in [-0.05, 0) is 0 Å². The Bertz CT molecular complexity index is 105. The van der Waals surface area contributed by atoms with Crippen molar-refractivity contribution < 1.29 is 4.74 Å². The van der Waals surface area contributed by atoms with Crippen LogP contribution in [0.3, 0.4) is 0 Å². The Balaban J connectivity index is 2.39. The second kappa shape index (κ2) is 2.62.